The van der Waals surface area contributed by atoms with Crippen LogP contribution in [0.3, 0.4) is 0 Å². The number of nitriles is 1. The van der Waals surface area contributed by atoms with E-state index in [-0.39, 0.29) is 0 Å². The molecule has 0 radical (unpaired) electrons. The van der Waals surface area contributed by atoms with Gasteiger partial charge in [-0.05, 0) is 23.0 Å². The molecular formula is C8H3ClN2S2. The second-order valence-electron chi connectivity index (χ2n) is 2.27. The van der Waals surface area contributed by atoms with Crippen LogP contribution in [0.25, 0.3) is 9.75 Å². The van der Waals surface area contributed by atoms with Crippen LogP contribution in [0.4, 0.5) is 0 Å². The molecule has 0 bridgehead atoms. The predicted octanol–water partition coefficient (Wildman–Crippen LogP) is 3.40. The van der Waals surface area contributed by atoms with Gasteiger partial charge < -0.3 is 0 Å². The van der Waals surface area contributed by atoms with Gasteiger partial charge in [-0.1, -0.05) is 17.7 Å². The van der Waals surface area contributed by atoms with E-state index in [9.17, 15) is 0 Å². The van der Waals surface area contributed by atoms with Gasteiger partial charge in [-0.3, -0.25) is 0 Å². The molecule has 0 spiro atoms. The van der Waals surface area contributed by atoms with Gasteiger partial charge in [-0.25, -0.2) is 0 Å². The van der Waals surface area contributed by atoms with Crippen molar-refractivity contribution in [3.8, 4) is 15.8 Å². The third-order valence-corrected chi connectivity index (χ3v) is 3.78. The summed E-state index contributed by atoms with van der Waals surface area (Å²) in [6, 6.07) is 5.95. The SMILES string of the molecule is N#Cc1c(Cl)nsc1-c1cccs1. The van der Waals surface area contributed by atoms with Crippen molar-refractivity contribution >= 4 is 34.5 Å². The molecule has 0 saturated carbocycles. The quantitative estimate of drug-likeness (QED) is 0.747. The van der Waals surface area contributed by atoms with E-state index in [2.05, 4.69) is 10.4 Å². The minimum Gasteiger partial charge on any atom is -0.192 e. The van der Waals surface area contributed by atoms with Crippen molar-refractivity contribution in [3.63, 3.8) is 0 Å². The molecule has 0 aliphatic rings. The lowest BCUT2D eigenvalue weighted by molar-refractivity contribution is 1.47. The number of hydrogen-bond acceptors (Lipinski definition) is 4. The van der Waals surface area contributed by atoms with Crippen LogP contribution in [0.5, 0.6) is 0 Å². The standard InChI is InChI=1S/C8H3ClN2S2/c9-8-5(4-10)7(13-11-8)6-2-1-3-12-6/h1-3H. The highest BCUT2D eigenvalue weighted by Gasteiger charge is 2.13. The van der Waals surface area contributed by atoms with Gasteiger partial charge in [0.25, 0.3) is 0 Å². The zero-order valence-electron chi connectivity index (χ0n) is 6.32. The summed E-state index contributed by atoms with van der Waals surface area (Å²) in [6.07, 6.45) is 0. The van der Waals surface area contributed by atoms with Crippen LogP contribution in [-0.2, 0) is 0 Å². The van der Waals surface area contributed by atoms with Crippen LogP contribution in [0.2, 0.25) is 5.15 Å². The Bertz CT molecular complexity index is 453. The minimum atomic E-state index is 0.302. The smallest absolute Gasteiger partial charge is 0.161 e. The van der Waals surface area contributed by atoms with Gasteiger partial charge in [-0.15, -0.1) is 11.3 Å². The maximum absolute atomic E-state index is 8.82. The molecule has 2 aromatic heterocycles. The molecular weight excluding hydrogens is 224 g/mol. The first-order valence-electron chi connectivity index (χ1n) is 3.42. The van der Waals surface area contributed by atoms with E-state index in [1.54, 1.807) is 11.3 Å². The molecule has 13 heavy (non-hydrogen) atoms. The molecule has 0 atom stereocenters. The average Bonchev–Trinajstić information content (AvgIpc) is 2.71. The lowest BCUT2D eigenvalue weighted by Gasteiger charge is -1.88. The predicted molar refractivity (Wildman–Crippen MR) is 55.2 cm³/mol. The Morgan fingerprint density at radius 1 is 1.54 bits per heavy atom. The number of halogens is 1. The van der Waals surface area contributed by atoms with Gasteiger partial charge in [0.15, 0.2) is 5.15 Å². The molecule has 0 fully saturated rings. The van der Waals surface area contributed by atoms with Crippen LogP contribution < -0.4 is 0 Å². The normalized spacial score (nSPS) is 9.85. The maximum Gasteiger partial charge on any atom is 0.161 e. The summed E-state index contributed by atoms with van der Waals surface area (Å²) >= 11 is 8.59. The van der Waals surface area contributed by atoms with E-state index in [0.29, 0.717) is 10.7 Å². The number of aromatic nitrogens is 1. The highest BCUT2D eigenvalue weighted by Crippen LogP contribution is 2.34. The Morgan fingerprint density at radius 3 is 3.00 bits per heavy atom. The fraction of sp³-hybridized carbons (Fsp3) is 0. The minimum absolute atomic E-state index is 0.302. The van der Waals surface area contributed by atoms with E-state index >= 15 is 0 Å². The van der Waals surface area contributed by atoms with Gasteiger partial charge in [-0.2, -0.15) is 9.64 Å². The first kappa shape index (κ1) is 8.70. The molecule has 2 heterocycles. The largest absolute Gasteiger partial charge is 0.192 e. The number of thiophene rings is 1. The van der Waals surface area contributed by atoms with E-state index < -0.39 is 0 Å². The molecule has 0 N–H and O–H groups in total. The molecule has 0 aliphatic heterocycles. The number of rotatable bonds is 1. The Hall–Kier alpha value is -0.890. The van der Waals surface area contributed by atoms with Crippen LogP contribution in [0.1, 0.15) is 5.56 Å². The lowest BCUT2D eigenvalue weighted by Crippen LogP contribution is -1.72. The van der Waals surface area contributed by atoms with Crippen molar-refractivity contribution in [2.45, 2.75) is 0 Å². The molecule has 5 heteroatoms. The van der Waals surface area contributed by atoms with E-state index in [4.69, 9.17) is 16.9 Å². The van der Waals surface area contributed by atoms with Crippen molar-refractivity contribution in [1.82, 2.24) is 4.37 Å². The summed E-state index contributed by atoms with van der Waals surface area (Å²) in [5.41, 5.74) is 0.481. The van der Waals surface area contributed by atoms with Crippen molar-refractivity contribution in [3.05, 3.63) is 28.2 Å². The molecule has 64 valence electrons. The third-order valence-electron chi connectivity index (χ3n) is 1.51. The highest BCUT2D eigenvalue weighted by atomic mass is 35.5. The fourth-order valence-electron chi connectivity index (χ4n) is 0.944. The van der Waals surface area contributed by atoms with Gasteiger partial charge in [0.1, 0.15) is 11.6 Å². The zero-order chi connectivity index (χ0) is 9.26. The maximum atomic E-state index is 8.82. The van der Waals surface area contributed by atoms with Crippen LogP contribution in [0, 0.1) is 11.3 Å². The molecule has 0 amide bonds. The first-order chi connectivity index (χ1) is 6.33. The summed E-state index contributed by atoms with van der Waals surface area (Å²) in [4.78, 5) is 1.91. The summed E-state index contributed by atoms with van der Waals surface area (Å²) in [7, 11) is 0. The topological polar surface area (TPSA) is 36.7 Å². The Morgan fingerprint density at radius 2 is 2.38 bits per heavy atom. The van der Waals surface area contributed by atoms with Crippen molar-refractivity contribution < 1.29 is 0 Å². The average molecular weight is 227 g/mol. The number of nitrogens with zero attached hydrogens (tertiary/aromatic N) is 2. The third kappa shape index (κ3) is 1.46. The summed E-state index contributed by atoms with van der Waals surface area (Å²) < 4.78 is 3.93. The summed E-state index contributed by atoms with van der Waals surface area (Å²) in [5, 5.41) is 11.1. The molecule has 0 aliphatic carbocycles. The van der Waals surface area contributed by atoms with Crippen molar-refractivity contribution in [1.29, 1.82) is 5.26 Å². The fourth-order valence-corrected chi connectivity index (χ4v) is 2.82. The van der Waals surface area contributed by atoms with Gasteiger partial charge in [0.05, 0.1) is 4.88 Å². The molecule has 2 nitrogen and oxygen atoms in total. The van der Waals surface area contributed by atoms with Crippen molar-refractivity contribution in [2.75, 3.05) is 0 Å². The monoisotopic (exact) mass is 226 g/mol. The van der Waals surface area contributed by atoms with Crippen LogP contribution >= 0.6 is 34.5 Å². The molecule has 2 aromatic rings. The first-order valence-corrected chi connectivity index (χ1v) is 5.45. The van der Waals surface area contributed by atoms with Gasteiger partial charge in [0.2, 0.25) is 0 Å². The van der Waals surface area contributed by atoms with Crippen LogP contribution in [-0.4, -0.2) is 4.37 Å². The summed E-state index contributed by atoms with van der Waals surface area (Å²) in [6.45, 7) is 0. The second-order valence-corrected chi connectivity index (χ2v) is 4.35. The van der Waals surface area contributed by atoms with Gasteiger partial charge in [0, 0.05) is 4.88 Å². The Balaban J connectivity index is 2.60. The van der Waals surface area contributed by atoms with E-state index in [0.717, 1.165) is 9.75 Å². The van der Waals surface area contributed by atoms with E-state index in [1.165, 1.54) is 11.5 Å². The molecule has 0 saturated heterocycles. The molecule has 2 rings (SSSR count). The zero-order valence-corrected chi connectivity index (χ0v) is 8.71. The molecule has 0 unspecified atom stereocenters. The second kappa shape index (κ2) is 3.46. The van der Waals surface area contributed by atoms with Gasteiger partial charge >= 0.3 is 0 Å². The Labute approximate surface area is 88.2 Å². The summed E-state index contributed by atoms with van der Waals surface area (Å²) in [5.74, 6) is 0. The van der Waals surface area contributed by atoms with Crippen LogP contribution in [0.15, 0.2) is 17.5 Å². The molecule has 0 aromatic carbocycles. The highest BCUT2D eigenvalue weighted by molar-refractivity contribution is 7.19. The Kier molecular flexibility index (Phi) is 2.32. The van der Waals surface area contributed by atoms with Crippen molar-refractivity contribution in [2.24, 2.45) is 0 Å². The lowest BCUT2D eigenvalue weighted by atomic mass is 10.3. The number of hydrogen-bond donors (Lipinski definition) is 0. The van der Waals surface area contributed by atoms with E-state index in [1.807, 2.05) is 17.5 Å².